The number of rotatable bonds is 6. The van der Waals surface area contributed by atoms with Crippen LogP contribution in [0, 0.1) is 6.07 Å². The number of fused-ring (bicyclic) bond motifs is 3. The summed E-state index contributed by atoms with van der Waals surface area (Å²) < 4.78 is 3.62. The predicted molar refractivity (Wildman–Crippen MR) is 254 cm³/mol. The van der Waals surface area contributed by atoms with E-state index < -0.39 is 0 Å². The Morgan fingerprint density at radius 2 is 1.03 bits per heavy atom. The molecule has 0 aromatic heterocycles. The van der Waals surface area contributed by atoms with Gasteiger partial charge in [0.15, 0.2) is 0 Å². The molecule has 0 fully saturated rings. The molecule has 0 spiro atoms. The maximum atomic E-state index is 3.98. The summed E-state index contributed by atoms with van der Waals surface area (Å²) in [6.45, 7) is 18.6. The molecular formula is C55H54Br2Cl2Zr-2. The number of aryl methyl sites for hydroxylation is 2. The summed E-state index contributed by atoms with van der Waals surface area (Å²) in [4.78, 5) is 0. The summed E-state index contributed by atoms with van der Waals surface area (Å²) in [5.41, 5.74) is 19.2. The monoisotopic (exact) mass is 1030 g/mol. The van der Waals surface area contributed by atoms with Crippen molar-refractivity contribution >= 4 is 35.1 Å². The number of hydrogen-bond acceptors (Lipinski definition) is 0. The van der Waals surface area contributed by atoms with Crippen LogP contribution < -0.4 is 24.8 Å². The van der Waals surface area contributed by atoms with Crippen LogP contribution in [0.25, 0.3) is 33.4 Å². The van der Waals surface area contributed by atoms with Gasteiger partial charge in [-0.1, -0.05) is 138 Å². The van der Waals surface area contributed by atoms with Gasteiger partial charge in [0.05, 0.1) is 0 Å². The van der Waals surface area contributed by atoms with Crippen molar-refractivity contribution < 1.29 is 49.0 Å². The van der Waals surface area contributed by atoms with Crippen molar-refractivity contribution in [2.45, 2.75) is 85.5 Å². The molecule has 0 nitrogen and oxygen atoms in total. The minimum atomic E-state index is 0. The van der Waals surface area contributed by atoms with Gasteiger partial charge in [-0.15, -0.1) is 28.8 Å². The molecule has 0 bridgehead atoms. The Morgan fingerprint density at radius 3 is 1.50 bits per heavy atom. The van der Waals surface area contributed by atoms with Gasteiger partial charge in [-0.05, 0) is 57.9 Å². The third-order valence-electron chi connectivity index (χ3n) is 10.9. The van der Waals surface area contributed by atoms with Crippen LogP contribution in [0.1, 0.15) is 99.9 Å². The second-order valence-corrected chi connectivity index (χ2v) is 20.1. The Balaban J connectivity index is 0.000000285. The van der Waals surface area contributed by atoms with E-state index in [0.29, 0.717) is 0 Å². The van der Waals surface area contributed by atoms with Crippen LogP contribution in [-0.2, 0) is 54.3 Å². The second kappa shape index (κ2) is 21.8. The van der Waals surface area contributed by atoms with Crippen molar-refractivity contribution in [2.24, 2.45) is 0 Å². The molecule has 0 N–H and O–H groups in total. The van der Waals surface area contributed by atoms with Crippen LogP contribution in [0.4, 0.5) is 0 Å². The Bertz CT molecular complexity index is 2310. The van der Waals surface area contributed by atoms with Gasteiger partial charge in [0, 0.05) is 0 Å². The number of hydrogen-bond donors (Lipinski definition) is 0. The Kier molecular flexibility index (Phi) is 18.1. The number of halogens is 4. The quantitative estimate of drug-likeness (QED) is 0.146. The Morgan fingerprint density at radius 1 is 0.567 bits per heavy atom. The number of benzene rings is 6. The first-order valence-corrected chi connectivity index (χ1v) is 23.2. The Hall–Kier alpha value is -3.04. The van der Waals surface area contributed by atoms with Gasteiger partial charge in [-0.3, -0.25) is 0 Å². The second-order valence-electron chi connectivity index (χ2n) is 17.1. The molecule has 5 heteroatoms. The van der Waals surface area contributed by atoms with Gasteiger partial charge >= 0.3 is 128 Å². The minimum Gasteiger partial charge on any atom is -1.00 e. The molecule has 0 radical (unpaired) electrons. The standard InChI is InChI=1S/C37H41.C13H8Br2.C5H5.2ClH.Zr/c1-9-24-15-11-13-17-28(24)32-20-26-19-27-21-33(29-18-14-12-16-25(29)10-2)35(37(6,7)8)23-31(27)30(26)22-34(32)36(3,4)5;14-12-5-1-10(2-6-12)9-11-3-7-13(15)8-4-11;1-2-4-5-3-1;;;/h11-18,20,22-23H,9-10,19H2,1-8H3;1-8H;1-5H;2*1H;/q-1;;-1;;;+2/p-2. The molecule has 7 aromatic rings. The molecule has 0 saturated carbocycles. The molecular weight excluding hydrogens is 983 g/mol. The fraction of sp³-hybridized carbons (Fsp3) is 0.236. The zero-order chi connectivity index (χ0) is 41.6. The van der Waals surface area contributed by atoms with Crippen molar-refractivity contribution in [3.05, 3.63) is 205 Å². The van der Waals surface area contributed by atoms with Crippen molar-refractivity contribution in [1.29, 1.82) is 0 Å². The maximum absolute atomic E-state index is 3.98. The molecule has 60 heavy (non-hydrogen) atoms. The van der Waals surface area contributed by atoms with Crippen LogP contribution in [0.15, 0.2) is 155 Å². The third kappa shape index (κ3) is 11.9. The van der Waals surface area contributed by atoms with Gasteiger partial charge in [0.1, 0.15) is 0 Å². The summed E-state index contributed by atoms with van der Waals surface area (Å²) in [6.07, 6.45) is 3.02. The first-order valence-electron chi connectivity index (χ1n) is 20.4. The van der Waals surface area contributed by atoms with Crippen molar-refractivity contribution in [2.75, 3.05) is 0 Å². The van der Waals surface area contributed by atoms with Crippen molar-refractivity contribution in [3.63, 3.8) is 0 Å². The molecule has 0 heterocycles. The van der Waals surface area contributed by atoms with Crippen LogP contribution in [0.3, 0.4) is 0 Å². The molecule has 0 saturated heterocycles. The minimum absolute atomic E-state index is 0. The van der Waals surface area contributed by atoms with Gasteiger partial charge in [0.2, 0.25) is 0 Å². The third-order valence-corrected chi connectivity index (χ3v) is 13.3. The smallest absolute Gasteiger partial charge is 0.0126 e. The van der Waals surface area contributed by atoms with E-state index in [-0.39, 0.29) is 35.6 Å². The maximum Gasteiger partial charge on any atom is -0.0126 e. The van der Waals surface area contributed by atoms with Crippen LogP contribution in [0.2, 0.25) is 0 Å². The normalized spacial score (nSPS) is 11.4. The molecule has 0 atom stereocenters. The first-order chi connectivity index (χ1) is 27.7. The van der Waals surface area contributed by atoms with E-state index in [1.807, 2.05) is 30.3 Å². The van der Waals surface area contributed by atoms with Crippen LogP contribution >= 0.6 is 31.9 Å². The summed E-state index contributed by atoms with van der Waals surface area (Å²) in [6, 6.07) is 56.2. The largest absolute Gasteiger partial charge is 1.00 e. The molecule has 308 valence electrons. The van der Waals surface area contributed by atoms with Crippen LogP contribution in [0.5, 0.6) is 0 Å². The molecule has 0 amide bonds. The molecule has 7 aromatic carbocycles. The van der Waals surface area contributed by atoms with Gasteiger partial charge in [-0.2, -0.15) is 18.2 Å². The summed E-state index contributed by atoms with van der Waals surface area (Å²) in [7, 11) is 0. The van der Waals surface area contributed by atoms with E-state index in [1.165, 1.54) is 105 Å². The zero-order valence-corrected chi connectivity index (χ0v) is 43.1. The summed E-state index contributed by atoms with van der Waals surface area (Å²) in [5, 5.41) is 0. The van der Waals surface area contributed by atoms with Gasteiger partial charge < -0.3 is 24.8 Å². The topological polar surface area (TPSA) is 0 Å². The van der Waals surface area contributed by atoms with Gasteiger partial charge in [-0.25, -0.2) is 12.1 Å². The van der Waals surface area contributed by atoms with Crippen LogP contribution in [-0.4, -0.2) is 3.21 Å². The van der Waals surface area contributed by atoms with E-state index in [2.05, 4.69) is 209 Å². The van der Waals surface area contributed by atoms with Gasteiger partial charge in [0.25, 0.3) is 0 Å². The van der Waals surface area contributed by atoms with E-state index in [1.54, 1.807) is 0 Å². The fourth-order valence-electron chi connectivity index (χ4n) is 7.73. The van der Waals surface area contributed by atoms with E-state index in [0.717, 1.165) is 28.2 Å². The Labute approximate surface area is 404 Å². The zero-order valence-electron chi connectivity index (χ0n) is 36.0. The summed E-state index contributed by atoms with van der Waals surface area (Å²) >= 11 is 8.34. The van der Waals surface area contributed by atoms with E-state index in [9.17, 15) is 0 Å². The fourth-order valence-corrected chi connectivity index (χ4v) is 9.08. The van der Waals surface area contributed by atoms with E-state index in [4.69, 9.17) is 0 Å². The predicted octanol–water partition coefficient (Wildman–Crippen LogP) is 9.85. The molecule has 8 rings (SSSR count). The summed E-state index contributed by atoms with van der Waals surface area (Å²) in [5.74, 6) is 0. The molecule has 0 aliphatic heterocycles. The molecule has 0 unspecified atom stereocenters. The average molecular weight is 1040 g/mol. The molecule has 1 aliphatic carbocycles. The first kappa shape index (κ1) is 49.6. The average Bonchev–Trinajstić information content (AvgIpc) is 3.92. The SMILES string of the molecule is Brc1ccc([C](=[Zr+2])c2ccc(Br)cc2)cc1.CCc1ccccc1-c1[c-]c2c(cc1C(C)(C)C)-c1cc(C(C)(C)C)c(-c3ccccc3CC)cc1C2.[Cl-].[Cl-].c1cc[cH-]c1. The van der Waals surface area contributed by atoms with E-state index >= 15 is 0 Å². The van der Waals surface area contributed by atoms with Crippen molar-refractivity contribution in [3.8, 4) is 33.4 Å². The van der Waals surface area contributed by atoms with Crippen molar-refractivity contribution in [1.82, 2.24) is 0 Å². The molecule has 1 aliphatic rings.